The third kappa shape index (κ3) is 2.18. The fourth-order valence-electron chi connectivity index (χ4n) is 4.82. The van der Waals surface area contributed by atoms with Gasteiger partial charge in [0, 0.05) is 22.9 Å². The van der Waals surface area contributed by atoms with E-state index in [0.29, 0.717) is 11.1 Å². The lowest BCUT2D eigenvalue weighted by molar-refractivity contribution is 1.15. The van der Waals surface area contributed by atoms with Crippen LogP contribution in [0.3, 0.4) is 0 Å². The van der Waals surface area contributed by atoms with Gasteiger partial charge in [0.05, 0.1) is 34.3 Å². The van der Waals surface area contributed by atoms with E-state index in [4.69, 9.17) is 0 Å². The van der Waals surface area contributed by atoms with Gasteiger partial charge in [-0.3, -0.25) is 0 Å². The van der Waals surface area contributed by atoms with Crippen LogP contribution in [0.5, 0.6) is 0 Å². The van der Waals surface area contributed by atoms with Crippen LogP contribution in [-0.2, 0) is 6.42 Å². The maximum atomic E-state index is 9.51. The van der Waals surface area contributed by atoms with Gasteiger partial charge in [-0.1, -0.05) is 54.6 Å². The van der Waals surface area contributed by atoms with Crippen LogP contribution in [0.2, 0.25) is 0 Å². The average molecular weight is 381 g/mol. The first-order valence-corrected chi connectivity index (χ1v) is 9.87. The molecule has 1 heterocycles. The minimum atomic E-state index is 0.492. The highest BCUT2D eigenvalue weighted by Crippen LogP contribution is 2.44. The Hall–Kier alpha value is -4.34. The summed E-state index contributed by atoms with van der Waals surface area (Å²) in [5.41, 5.74) is 9.25. The Morgan fingerprint density at radius 2 is 1.43 bits per heavy atom. The van der Waals surface area contributed by atoms with Crippen molar-refractivity contribution in [3.8, 4) is 29.0 Å². The molecular weight excluding hydrogens is 366 g/mol. The topological polar surface area (TPSA) is 52.5 Å². The SMILES string of the molecule is N#Cc1cc(C#N)cc(-n2c3ccccc3c3ccc4c(c32)Cc2ccccc2-4)c1. The Bertz CT molecular complexity index is 1560. The van der Waals surface area contributed by atoms with Crippen molar-refractivity contribution in [2.75, 3.05) is 0 Å². The molecule has 1 aliphatic rings. The maximum absolute atomic E-state index is 9.51. The summed E-state index contributed by atoms with van der Waals surface area (Å²) in [5.74, 6) is 0. The molecule has 0 amide bonds. The van der Waals surface area contributed by atoms with Crippen molar-refractivity contribution < 1.29 is 0 Å². The minimum absolute atomic E-state index is 0.492. The highest BCUT2D eigenvalue weighted by molar-refractivity contribution is 6.12. The van der Waals surface area contributed by atoms with E-state index in [2.05, 4.69) is 71.3 Å². The van der Waals surface area contributed by atoms with Gasteiger partial charge in [0.1, 0.15) is 0 Å². The standard InChI is InChI=1S/C27H15N3/c28-15-17-11-18(16-29)13-20(12-17)30-26-8-4-3-7-23(26)24-10-9-22-21-6-2-1-5-19(21)14-25(22)27(24)30/h1-13H,14H2. The fourth-order valence-corrected chi connectivity index (χ4v) is 4.82. The number of nitrogens with zero attached hydrogens (tertiary/aromatic N) is 3. The van der Waals surface area contributed by atoms with E-state index in [0.717, 1.165) is 23.1 Å². The van der Waals surface area contributed by atoms with Crippen LogP contribution >= 0.6 is 0 Å². The van der Waals surface area contributed by atoms with E-state index >= 15 is 0 Å². The Balaban J connectivity index is 1.78. The van der Waals surface area contributed by atoms with E-state index in [1.165, 1.54) is 33.0 Å². The molecule has 0 spiro atoms. The zero-order valence-electron chi connectivity index (χ0n) is 16.1. The summed E-state index contributed by atoms with van der Waals surface area (Å²) >= 11 is 0. The van der Waals surface area contributed by atoms with Crippen molar-refractivity contribution in [1.29, 1.82) is 10.5 Å². The molecule has 4 aromatic carbocycles. The number of fused-ring (bicyclic) bond motifs is 7. The Morgan fingerprint density at radius 3 is 2.23 bits per heavy atom. The van der Waals surface area contributed by atoms with Gasteiger partial charge < -0.3 is 4.57 Å². The summed E-state index contributed by atoms with van der Waals surface area (Å²) in [6.45, 7) is 0. The predicted octanol–water partition coefficient (Wildman–Crippen LogP) is 6.10. The third-order valence-electron chi connectivity index (χ3n) is 6.05. The van der Waals surface area contributed by atoms with Crippen LogP contribution in [0.4, 0.5) is 0 Å². The molecule has 0 radical (unpaired) electrons. The first-order chi connectivity index (χ1) is 14.8. The monoisotopic (exact) mass is 381 g/mol. The second-order valence-corrected chi connectivity index (χ2v) is 7.67. The Kier molecular flexibility index (Phi) is 3.36. The number of rotatable bonds is 1. The molecule has 0 saturated heterocycles. The smallest absolute Gasteiger partial charge is 0.0992 e. The summed E-state index contributed by atoms with van der Waals surface area (Å²) in [7, 11) is 0. The molecule has 0 atom stereocenters. The van der Waals surface area contributed by atoms with Crippen LogP contribution in [0.15, 0.2) is 78.9 Å². The quantitative estimate of drug-likeness (QED) is 0.346. The van der Waals surface area contributed by atoms with Gasteiger partial charge in [0.2, 0.25) is 0 Å². The van der Waals surface area contributed by atoms with Gasteiger partial charge in [-0.15, -0.1) is 0 Å². The third-order valence-corrected chi connectivity index (χ3v) is 6.05. The lowest BCUT2D eigenvalue weighted by atomic mass is 10.0. The van der Waals surface area contributed by atoms with Gasteiger partial charge in [-0.05, 0) is 46.5 Å². The molecule has 5 aromatic rings. The molecule has 0 fully saturated rings. The molecule has 0 saturated carbocycles. The molecule has 138 valence electrons. The molecular formula is C27H15N3. The first-order valence-electron chi connectivity index (χ1n) is 9.87. The first kappa shape index (κ1) is 16.6. The van der Waals surface area contributed by atoms with Crippen molar-refractivity contribution >= 4 is 21.8 Å². The number of para-hydroxylation sites is 1. The molecule has 1 aromatic heterocycles. The summed E-state index contributed by atoms with van der Waals surface area (Å²) in [6.07, 6.45) is 0.877. The largest absolute Gasteiger partial charge is 0.309 e. The van der Waals surface area contributed by atoms with Gasteiger partial charge >= 0.3 is 0 Å². The van der Waals surface area contributed by atoms with Crippen LogP contribution in [0.1, 0.15) is 22.3 Å². The number of nitriles is 2. The maximum Gasteiger partial charge on any atom is 0.0992 e. The van der Waals surface area contributed by atoms with Gasteiger partial charge in [0.25, 0.3) is 0 Å². The van der Waals surface area contributed by atoms with E-state index in [1.54, 1.807) is 6.07 Å². The van der Waals surface area contributed by atoms with Crippen LogP contribution in [0.25, 0.3) is 38.6 Å². The molecule has 3 heteroatoms. The fraction of sp³-hybridized carbons (Fsp3) is 0.0370. The normalized spacial score (nSPS) is 11.8. The summed E-state index contributed by atoms with van der Waals surface area (Å²) in [6, 6.07) is 31.1. The van der Waals surface area contributed by atoms with E-state index in [1.807, 2.05) is 18.2 Å². The second-order valence-electron chi connectivity index (χ2n) is 7.67. The van der Waals surface area contributed by atoms with E-state index < -0.39 is 0 Å². The molecule has 0 aliphatic heterocycles. The molecule has 6 rings (SSSR count). The van der Waals surface area contributed by atoms with Crippen molar-refractivity contribution in [1.82, 2.24) is 4.57 Å². The van der Waals surface area contributed by atoms with Crippen molar-refractivity contribution in [2.24, 2.45) is 0 Å². The summed E-state index contributed by atoms with van der Waals surface area (Å²) < 4.78 is 2.22. The number of hydrogen-bond donors (Lipinski definition) is 0. The molecule has 0 unspecified atom stereocenters. The highest BCUT2D eigenvalue weighted by atomic mass is 15.0. The lowest BCUT2D eigenvalue weighted by Crippen LogP contribution is -1.98. The summed E-state index contributed by atoms with van der Waals surface area (Å²) in [5, 5.41) is 21.4. The van der Waals surface area contributed by atoms with Gasteiger partial charge in [0.15, 0.2) is 0 Å². The Morgan fingerprint density at radius 1 is 0.700 bits per heavy atom. The lowest BCUT2D eigenvalue weighted by Gasteiger charge is -2.12. The van der Waals surface area contributed by atoms with E-state index in [9.17, 15) is 10.5 Å². The number of benzene rings is 4. The molecule has 1 aliphatic carbocycles. The van der Waals surface area contributed by atoms with Gasteiger partial charge in [-0.2, -0.15) is 10.5 Å². The zero-order chi connectivity index (χ0) is 20.2. The zero-order valence-corrected chi connectivity index (χ0v) is 16.1. The van der Waals surface area contributed by atoms with Crippen LogP contribution in [-0.4, -0.2) is 4.57 Å². The van der Waals surface area contributed by atoms with Gasteiger partial charge in [-0.25, -0.2) is 0 Å². The molecule has 0 N–H and O–H groups in total. The number of hydrogen-bond acceptors (Lipinski definition) is 2. The highest BCUT2D eigenvalue weighted by Gasteiger charge is 2.24. The molecule has 30 heavy (non-hydrogen) atoms. The minimum Gasteiger partial charge on any atom is -0.309 e. The van der Waals surface area contributed by atoms with Crippen molar-refractivity contribution in [3.63, 3.8) is 0 Å². The van der Waals surface area contributed by atoms with Crippen LogP contribution in [0, 0.1) is 22.7 Å². The molecule has 0 bridgehead atoms. The Labute approximate surface area is 173 Å². The number of aromatic nitrogens is 1. The van der Waals surface area contributed by atoms with Crippen LogP contribution < -0.4 is 0 Å². The van der Waals surface area contributed by atoms with E-state index in [-0.39, 0.29) is 0 Å². The predicted molar refractivity (Wildman–Crippen MR) is 118 cm³/mol. The average Bonchev–Trinajstić information content (AvgIpc) is 3.34. The van der Waals surface area contributed by atoms with Crippen molar-refractivity contribution in [3.05, 3.63) is 101 Å². The summed E-state index contributed by atoms with van der Waals surface area (Å²) in [4.78, 5) is 0. The van der Waals surface area contributed by atoms with Crippen molar-refractivity contribution in [2.45, 2.75) is 6.42 Å². The second kappa shape index (κ2) is 6.08. The molecule has 3 nitrogen and oxygen atoms in total.